The maximum Gasteiger partial charge on any atom is 0.244 e. The van der Waals surface area contributed by atoms with Gasteiger partial charge in [0, 0.05) is 12.6 Å². The Hall–Kier alpha value is -2.49. The van der Waals surface area contributed by atoms with Crippen molar-refractivity contribution >= 4 is 50.7 Å². The molecule has 0 aliphatic carbocycles. The average Bonchev–Trinajstić information content (AvgIpc) is 2.77. The van der Waals surface area contributed by atoms with Crippen molar-refractivity contribution < 1.29 is 22.7 Å². The number of nitrogens with one attached hydrogen (secondary N) is 1. The van der Waals surface area contributed by atoms with Crippen LogP contribution in [0.2, 0.25) is 10.0 Å². The fourth-order valence-corrected chi connectivity index (χ4v) is 4.48. The highest BCUT2D eigenvalue weighted by Crippen LogP contribution is 2.25. The molecule has 1 atom stereocenters. The van der Waals surface area contributed by atoms with Crippen molar-refractivity contribution in [1.29, 1.82) is 0 Å². The Bertz CT molecular complexity index is 1140. The Labute approximate surface area is 217 Å². The third-order valence-electron chi connectivity index (χ3n) is 5.05. The number of halogens is 2. The summed E-state index contributed by atoms with van der Waals surface area (Å²) in [6.07, 6.45) is 1.02. The zero-order valence-electron chi connectivity index (χ0n) is 20.4. The van der Waals surface area contributed by atoms with Crippen LogP contribution in [0.15, 0.2) is 42.5 Å². The number of hydrogen-bond donors (Lipinski definition) is 1. The van der Waals surface area contributed by atoms with E-state index in [2.05, 4.69) is 5.32 Å². The topological polar surface area (TPSA) is 96.0 Å². The van der Waals surface area contributed by atoms with E-state index in [9.17, 15) is 18.0 Å². The maximum absolute atomic E-state index is 13.5. The number of hydrogen-bond acceptors (Lipinski definition) is 5. The van der Waals surface area contributed by atoms with Gasteiger partial charge in [0.25, 0.3) is 0 Å². The average molecular weight is 545 g/mol. The maximum atomic E-state index is 13.5. The fraction of sp³-hybridized carbons (Fsp3) is 0.417. The van der Waals surface area contributed by atoms with E-state index in [1.54, 1.807) is 49.4 Å². The van der Waals surface area contributed by atoms with Crippen LogP contribution in [0.4, 0.5) is 5.69 Å². The van der Waals surface area contributed by atoms with Gasteiger partial charge in [-0.2, -0.15) is 0 Å². The van der Waals surface area contributed by atoms with Gasteiger partial charge in [-0.05, 0) is 69.7 Å². The zero-order valence-corrected chi connectivity index (χ0v) is 22.7. The molecule has 0 saturated heterocycles. The minimum absolute atomic E-state index is 0.0310. The first kappa shape index (κ1) is 28.7. The molecule has 0 aliphatic heterocycles. The molecule has 1 unspecified atom stereocenters. The lowest BCUT2D eigenvalue weighted by molar-refractivity contribution is -0.139. The summed E-state index contributed by atoms with van der Waals surface area (Å²) in [6.45, 7) is 7.06. The summed E-state index contributed by atoms with van der Waals surface area (Å²) >= 11 is 12.1. The Morgan fingerprint density at radius 2 is 1.66 bits per heavy atom. The minimum Gasteiger partial charge on any atom is -0.494 e. The first-order valence-corrected chi connectivity index (χ1v) is 13.7. The van der Waals surface area contributed by atoms with Gasteiger partial charge in [-0.3, -0.25) is 13.9 Å². The Morgan fingerprint density at radius 1 is 1.03 bits per heavy atom. The van der Waals surface area contributed by atoms with E-state index in [1.807, 2.05) is 20.8 Å². The molecule has 0 spiro atoms. The molecule has 2 rings (SSSR count). The Balaban J connectivity index is 2.39. The van der Waals surface area contributed by atoms with Gasteiger partial charge in [0.2, 0.25) is 21.8 Å². The molecule has 192 valence electrons. The summed E-state index contributed by atoms with van der Waals surface area (Å²) in [5.41, 5.74) is 0.946. The minimum atomic E-state index is -3.82. The van der Waals surface area contributed by atoms with Crippen molar-refractivity contribution in [3.8, 4) is 5.75 Å². The van der Waals surface area contributed by atoms with Gasteiger partial charge < -0.3 is 15.0 Å². The predicted octanol–water partition coefficient (Wildman–Crippen LogP) is 4.10. The lowest BCUT2D eigenvalue weighted by Crippen LogP contribution is -2.52. The van der Waals surface area contributed by atoms with E-state index in [1.165, 1.54) is 4.90 Å². The smallest absolute Gasteiger partial charge is 0.244 e. The number of ether oxygens (including phenoxy) is 1. The van der Waals surface area contributed by atoms with Crippen LogP contribution in [0.25, 0.3) is 0 Å². The van der Waals surface area contributed by atoms with Crippen molar-refractivity contribution in [2.75, 3.05) is 23.7 Å². The lowest BCUT2D eigenvalue weighted by Gasteiger charge is -2.32. The SMILES string of the molecule is CCOc1ccc(N(CC(=O)N(Cc2ccc(Cl)c(Cl)c2)C(C)C(=O)NC(C)C)S(C)(=O)=O)cc1. The standard InChI is InChI=1S/C24H31Cl2N3O5S/c1-6-34-20-10-8-19(9-11-20)29(35(5,32)33)15-23(30)28(17(4)24(31)27-16(2)3)14-18-7-12-21(25)22(26)13-18/h7-13,16-17H,6,14-15H2,1-5H3,(H,27,31). The quantitative estimate of drug-likeness (QED) is 0.460. The van der Waals surface area contributed by atoms with Crippen molar-refractivity contribution in [1.82, 2.24) is 10.2 Å². The molecule has 2 amide bonds. The predicted molar refractivity (Wildman–Crippen MR) is 140 cm³/mol. The highest BCUT2D eigenvalue weighted by atomic mass is 35.5. The van der Waals surface area contributed by atoms with Gasteiger partial charge in [-0.15, -0.1) is 0 Å². The molecule has 0 heterocycles. The van der Waals surface area contributed by atoms with Gasteiger partial charge in [0.1, 0.15) is 18.3 Å². The fourth-order valence-electron chi connectivity index (χ4n) is 3.31. The highest BCUT2D eigenvalue weighted by molar-refractivity contribution is 7.92. The van der Waals surface area contributed by atoms with Gasteiger partial charge >= 0.3 is 0 Å². The summed E-state index contributed by atoms with van der Waals surface area (Å²) < 4.78 is 31.6. The molecular weight excluding hydrogens is 513 g/mol. The summed E-state index contributed by atoms with van der Waals surface area (Å²) in [4.78, 5) is 27.6. The molecule has 0 aliphatic rings. The summed E-state index contributed by atoms with van der Waals surface area (Å²) in [6, 6.07) is 10.3. The van der Waals surface area contributed by atoms with E-state index < -0.39 is 28.5 Å². The number of benzene rings is 2. The molecule has 0 saturated carbocycles. The third kappa shape index (κ3) is 8.30. The van der Waals surface area contributed by atoms with E-state index in [-0.39, 0.29) is 18.5 Å². The van der Waals surface area contributed by atoms with Crippen LogP contribution < -0.4 is 14.4 Å². The van der Waals surface area contributed by atoms with Crippen LogP contribution in [-0.2, 0) is 26.2 Å². The molecule has 2 aromatic carbocycles. The summed E-state index contributed by atoms with van der Waals surface area (Å²) in [5.74, 6) is -0.335. The molecule has 0 bridgehead atoms. The second-order valence-electron chi connectivity index (χ2n) is 8.31. The van der Waals surface area contributed by atoms with Crippen molar-refractivity contribution in [3.05, 3.63) is 58.1 Å². The van der Waals surface area contributed by atoms with Crippen LogP contribution in [0.5, 0.6) is 5.75 Å². The van der Waals surface area contributed by atoms with Gasteiger partial charge in [-0.25, -0.2) is 8.42 Å². The molecule has 0 fully saturated rings. The monoisotopic (exact) mass is 543 g/mol. The number of anilines is 1. The van der Waals surface area contributed by atoms with Gasteiger partial charge in [-0.1, -0.05) is 29.3 Å². The second kappa shape index (κ2) is 12.5. The van der Waals surface area contributed by atoms with E-state index in [0.29, 0.717) is 33.7 Å². The van der Waals surface area contributed by atoms with Crippen LogP contribution in [0, 0.1) is 0 Å². The number of sulfonamides is 1. The Morgan fingerprint density at radius 3 is 2.17 bits per heavy atom. The number of nitrogens with zero attached hydrogens (tertiary/aromatic N) is 2. The van der Waals surface area contributed by atoms with E-state index in [4.69, 9.17) is 27.9 Å². The van der Waals surface area contributed by atoms with Crippen molar-refractivity contribution in [2.45, 2.75) is 46.3 Å². The normalized spacial score (nSPS) is 12.2. The molecule has 8 nitrogen and oxygen atoms in total. The van der Waals surface area contributed by atoms with Crippen molar-refractivity contribution in [2.24, 2.45) is 0 Å². The molecule has 2 aromatic rings. The van der Waals surface area contributed by atoms with Crippen LogP contribution in [-0.4, -0.2) is 56.6 Å². The largest absolute Gasteiger partial charge is 0.494 e. The summed E-state index contributed by atoms with van der Waals surface area (Å²) in [7, 11) is -3.82. The van der Waals surface area contributed by atoms with Gasteiger partial charge in [0.05, 0.1) is 28.6 Å². The highest BCUT2D eigenvalue weighted by Gasteiger charge is 2.30. The first-order chi connectivity index (χ1) is 16.3. The van der Waals surface area contributed by atoms with Gasteiger partial charge in [0.15, 0.2) is 0 Å². The second-order valence-corrected chi connectivity index (χ2v) is 11.0. The van der Waals surface area contributed by atoms with Crippen molar-refractivity contribution in [3.63, 3.8) is 0 Å². The molecule has 35 heavy (non-hydrogen) atoms. The van der Waals surface area contributed by atoms with Crippen LogP contribution in [0.3, 0.4) is 0 Å². The van der Waals surface area contributed by atoms with E-state index >= 15 is 0 Å². The lowest BCUT2D eigenvalue weighted by atomic mass is 10.1. The molecule has 0 radical (unpaired) electrons. The molecule has 1 N–H and O–H groups in total. The van der Waals surface area contributed by atoms with Crippen LogP contribution in [0.1, 0.15) is 33.3 Å². The number of amides is 2. The van der Waals surface area contributed by atoms with E-state index in [0.717, 1.165) is 10.6 Å². The first-order valence-electron chi connectivity index (χ1n) is 11.1. The Kier molecular flexibility index (Phi) is 10.2. The number of carbonyl (C=O) groups excluding carboxylic acids is 2. The number of carbonyl (C=O) groups is 2. The molecule has 0 aromatic heterocycles. The number of rotatable bonds is 11. The molecule has 11 heteroatoms. The summed E-state index contributed by atoms with van der Waals surface area (Å²) in [5, 5.41) is 3.46. The molecular formula is C24H31Cl2N3O5S. The third-order valence-corrected chi connectivity index (χ3v) is 6.93. The zero-order chi connectivity index (χ0) is 26.3. The van der Waals surface area contributed by atoms with Crippen LogP contribution >= 0.6 is 23.2 Å².